The van der Waals surface area contributed by atoms with Crippen molar-refractivity contribution >= 4 is 0 Å². The van der Waals surface area contributed by atoms with Crippen LogP contribution < -0.4 is 5.32 Å². The summed E-state index contributed by atoms with van der Waals surface area (Å²) in [7, 11) is 0. The molecule has 1 spiro atoms. The van der Waals surface area contributed by atoms with Gasteiger partial charge in [0.25, 0.3) is 0 Å². The number of piperidine rings is 1. The Kier molecular flexibility index (Phi) is 4.75. The van der Waals surface area contributed by atoms with Crippen molar-refractivity contribution in [2.75, 3.05) is 6.54 Å². The number of rotatable bonds is 0. The summed E-state index contributed by atoms with van der Waals surface area (Å²) in [5.41, 5.74) is 3.57. The van der Waals surface area contributed by atoms with E-state index in [1.165, 1.54) is 75.6 Å². The highest BCUT2D eigenvalue weighted by Gasteiger charge is 2.61. The SMILES string of the molecule is CC1C[C@]2(CC[C@@H]3C1C[C@H]1[C@H]3CC[C@@H]3Cc4[nH]ncc4C[C@@]31C)O[C@@H]1C[C@H](C)CN[C@H]1[C@H]2C. The molecule has 1 aromatic rings. The zero-order valence-electron chi connectivity index (χ0n) is 21.3. The molecule has 4 nitrogen and oxygen atoms in total. The van der Waals surface area contributed by atoms with Crippen molar-refractivity contribution in [3.05, 3.63) is 17.5 Å². The lowest BCUT2D eigenvalue weighted by Gasteiger charge is -2.52. The molecule has 33 heavy (non-hydrogen) atoms. The molecule has 2 saturated heterocycles. The van der Waals surface area contributed by atoms with Gasteiger partial charge in [-0.1, -0.05) is 27.7 Å². The van der Waals surface area contributed by atoms with Crippen molar-refractivity contribution in [1.82, 2.24) is 15.5 Å². The van der Waals surface area contributed by atoms with Crippen LogP contribution in [0.25, 0.3) is 0 Å². The van der Waals surface area contributed by atoms with E-state index in [-0.39, 0.29) is 5.60 Å². The van der Waals surface area contributed by atoms with Crippen LogP contribution >= 0.6 is 0 Å². The summed E-state index contributed by atoms with van der Waals surface area (Å²) in [4.78, 5) is 0. The number of nitrogens with one attached hydrogen (secondary N) is 2. The van der Waals surface area contributed by atoms with E-state index < -0.39 is 0 Å². The second kappa shape index (κ2) is 7.32. The molecule has 3 saturated carbocycles. The summed E-state index contributed by atoms with van der Waals surface area (Å²) < 4.78 is 7.09. The summed E-state index contributed by atoms with van der Waals surface area (Å²) in [5, 5.41) is 11.6. The second-order valence-electron chi connectivity index (χ2n) is 13.9. The first kappa shape index (κ1) is 21.4. The molecule has 0 radical (unpaired) electrons. The summed E-state index contributed by atoms with van der Waals surface area (Å²) >= 11 is 0. The largest absolute Gasteiger partial charge is 0.370 e. The normalized spacial score (nSPS) is 55.3. The van der Waals surface area contributed by atoms with Gasteiger partial charge in [-0.05, 0) is 117 Å². The quantitative estimate of drug-likeness (QED) is 0.556. The topological polar surface area (TPSA) is 49.9 Å². The molecule has 3 heterocycles. The summed E-state index contributed by atoms with van der Waals surface area (Å²) in [6, 6.07) is 0.583. The fourth-order valence-corrected chi connectivity index (χ4v) is 10.7. The Bertz CT molecular complexity index is 912. The van der Waals surface area contributed by atoms with Gasteiger partial charge in [0.2, 0.25) is 0 Å². The molecule has 182 valence electrons. The van der Waals surface area contributed by atoms with Crippen LogP contribution in [0.15, 0.2) is 6.20 Å². The Morgan fingerprint density at radius 2 is 1.94 bits per heavy atom. The third-order valence-electron chi connectivity index (χ3n) is 12.4. The number of fused-ring (bicyclic) bond motifs is 7. The number of H-pyrrole nitrogens is 1. The predicted molar refractivity (Wildman–Crippen MR) is 131 cm³/mol. The average Bonchev–Trinajstić information content (AvgIpc) is 3.43. The molecule has 7 rings (SSSR count). The van der Waals surface area contributed by atoms with Crippen LogP contribution in [0.5, 0.6) is 0 Å². The lowest BCUT2D eigenvalue weighted by atomic mass is 9.52. The van der Waals surface area contributed by atoms with Gasteiger partial charge in [0.15, 0.2) is 0 Å². The van der Waals surface area contributed by atoms with E-state index in [9.17, 15) is 0 Å². The molecule has 2 N–H and O–H groups in total. The van der Waals surface area contributed by atoms with Crippen LogP contribution in [0.3, 0.4) is 0 Å². The maximum absolute atomic E-state index is 7.09. The molecule has 1 aromatic heterocycles. The minimum atomic E-state index is 0.128. The summed E-state index contributed by atoms with van der Waals surface area (Å²) in [5.74, 6) is 6.74. The first-order chi connectivity index (χ1) is 15.9. The summed E-state index contributed by atoms with van der Waals surface area (Å²) in [6.45, 7) is 11.3. The van der Waals surface area contributed by atoms with E-state index >= 15 is 0 Å². The fraction of sp³-hybridized carbons (Fsp3) is 0.897. The van der Waals surface area contributed by atoms with Crippen molar-refractivity contribution in [2.24, 2.45) is 52.8 Å². The van der Waals surface area contributed by atoms with Gasteiger partial charge in [0.05, 0.1) is 17.9 Å². The van der Waals surface area contributed by atoms with Crippen LogP contribution in [-0.2, 0) is 17.6 Å². The van der Waals surface area contributed by atoms with Crippen LogP contribution in [0.4, 0.5) is 0 Å². The molecule has 0 bridgehead atoms. The Balaban J connectivity index is 1.14. The van der Waals surface area contributed by atoms with Gasteiger partial charge >= 0.3 is 0 Å². The number of nitrogens with zero attached hydrogens (tertiary/aromatic N) is 1. The minimum Gasteiger partial charge on any atom is -0.370 e. The van der Waals surface area contributed by atoms with E-state index in [2.05, 4.69) is 49.4 Å². The van der Waals surface area contributed by atoms with E-state index in [4.69, 9.17) is 4.74 Å². The van der Waals surface area contributed by atoms with Crippen molar-refractivity contribution in [3.63, 3.8) is 0 Å². The Morgan fingerprint density at radius 3 is 2.82 bits per heavy atom. The lowest BCUT2D eigenvalue weighted by Crippen LogP contribution is -2.49. The Hall–Kier alpha value is -0.870. The van der Waals surface area contributed by atoms with Gasteiger partial charge in [0, 0.05) is 17.7 Å². The molecule has 2 unspecified atom stereocenters. The lowest BCUT2D eigenvalue weighted by molar-refractivity contribution is -0.0833. The van der Waals surface area contributed by atoms with Crippen LogP contribution in [0, 0.1) is 52.8 Å². The number of hydrogen-bond donors (Lipinski definition) is 2. The van der Waals surface area contributed by atoms with Crippen LogP contribution in [-0.4, -0.2) is 34.5 Å². The number of hydrogen-bond acceptors (Lipinski definition) is 3. The van der Waals surface area contributed by atoms with Crippen molar-refractivity contribution in [1.29, 1.82) is 0 Å². The zero-order chi connectivity index (χ0) is 22.5. The molecule has 4 aliphatic carbocycles. The van der Waals surface area contributed by atoms with E-state index in [0.717, 1.165) is 41.4 Å². The van der Waals surface area contributed by atoms with Crippen molar-refractivity contribution < 1.29 is 4.74 Å². The van der Waals surface area contributed by atoms with Crippen LogP contribution in [0.1, 0.15) is 83.9 Å². The van der Waals surface area contributed by atoms with E-state index in [1.807, 2.05) is 0 Å². The number of aromatic amines is 1. The van der Waals surface area contributed by atoms with Gasteiger partial charge in [-0.2, -0.15) is 5.10 Å². The van der Waals surface area contributed by atoms with E-state index in [1.54, 1.807) is 0 Å². The first-order valence-corrected chi connectivity index (χ1v) is 14.3. The second-order valence-corrected chi connectivity index (χ2v) is 13.9. The molecule has 4 heteroatoms. The molecule has 5 fully saturated rings. The van der Waals surface area contributed by atoms with E-state index in [0.29, 0.717) is 23.5 Å². The highest BCUT2D eigenvalue weighted by atomic mass is 16.5. The molecular weight excluding hydrogens is 406 g/mol. The van der Waals surface area contributed by atoms with Crippen molar-refractivity contribution in [3.8, 4) is 0 Å². The molecule has 0 aromatic carbocycles. The van der Waals surface area contributed by atoms with Gasteiger partial charge < -0.3 is 10.1 Å². The predicted octanol–water partition coefficient (Wildman–Crippen LogP) is 5.38. The highest BCUT2D eigenvalue weighted by molar-refractivity contribution is 5.26. The average molecular weight is 452 g/mol. The maximum Gasteiger partial charge on any atom is 0.0742 e. The van der Waals surface area contributed by atoms with Crippen molar-refractivity contribution in [2.45, 2.75) is 103 Å². The first-order valence-electron chi connectivity index (χ1n) is 14.3. The third kappa shape index (κ3) is 2.98. The third-order valence-corrected chi connectivity index (χ3v) is 12.4. The smallest absolute Gasteiger partial charge is 0.0742 e. The minimum absolute atomic E-state index is 0.128. The Morgan fingerprint density at radius 1 is 1.06 bits per heavy atom. The molecule has 12 atom stereocenters. The number of ether oxygens (including phenoxy) is 1. The van der Waals surface area contributed by atoms with Gasteiger partial charge in [0.1, 0.15) is 0 Å². The maximum atomic E-state index is 7.09. The van der Waals surface area contributed by atoms with Crippen LogP contribution in [0.2, 0.25) is 0 Å². The molecule has 0 amide bonds. The zero-order valence-corrected chi connectivity index (χ0v) is 21.3. The fourth-order valence-electron chi connectivity index (χ4n) is 10.7. The van der Waals surface area contributed by atoms with Gasteiger partial charge in [-0.15, -0.1) is 0 Å². The highest BCUT2D eigenvalue weighted by Crippen LogP contribution is 2.65. The van der Waals surface area contributed by atoms with Gasteiger partial charge in [-0.25, -0.2) is 0 Å². The standard InChI is InChI=1S/C29H45N3O/c1-16-9-26-27(30-14-16)18(3)29(33-26)8-7-21-22-6-5-20-10-25-19(15-31-32-25)13-28(20,4)24(22)11-23(21)17(2)12-29/h15-18,20-24,26-27,30H,5-14H2,1-4H3,(H,31,32)/t16-,17?,18+,20+,21-,22-,23?,24-,26+,27-,28-,29-/m0/s1. The summed E-state index contributed by atoms with van der Waals surface area (Å²) in [6.07, 6.45) is 14.7. The van der Waals surface area contributed by atoms with Gasteiger partial charge in [-0.3, -0.25) is 5.10 Å². The monoisotopic (exact) mass is 451 g/mol. The molecule has 6 aliphatic rings. The molecular formula is C29H45N3O. The number of aromatic nitrogens is 2. The molecule has 2 aliphatic heterocycles. The Labute approximate surface area is 200 Å².